The third-order valence-corrected chi connectivity index (χ3v) is 5.57. The van der Waals surface area contributed by atoms with Gasteiger partial charge in [-0.3, -0.25) is 0 Å². The summed E-state index contributed by atoms with van der Waals surface area (Å²) in [5.41, 5.74) is 3.20. The predicted octanol–water partition coefficient (Wildman–Crippen LogP) is 5.01. The molecule has 184 valence electrons. The molecule has 0 amide bonds. The van der Waals surface area contributed by atoms with Gasteiger partial charge < -0.3 is 18.9 Å². The van der Waals surface area contributed by atoms with E-state index in [2.05, 4.69) is 5.10 Å². The summed E-state index contributed by atoms with van der Waals surface area (Å²) in [5, 5.41) is 4.67. The van der Waals surface area contributed by atoms with Gasteiger partial charge in [-0.25, -0.2) is 14.3 Å². The third-order valence-electron chi connectivity index (χ3n) is 5.57. The summed E-state index contributed by atoms with van der Waals surface area (Å²) < 4.78 is 23.2. The number of hydrogen-bond acceptors (Lipinski definition) is 7. The average molecular weight is 487 g/mol. The Kier molecular flexibility index (Phi) is 7.34. The Labute approximate surface area is 209 Å². The number of para-hydroxylation sites is 2. The molecule has 0 aliphatic rings. The second kappa shape index (κ2) is 10.8. The highest BCUT2D eigenvalue weighted by molar-refractivity contribution is 6.07. The number of carbonyl (C=O) groups excluding carboxylic acids is 2. The summed E-state index contributed by atoms with van der Waals surface area (Å²) in [4.78, 5) is 25.9. The van der Waals surface area contributed by atoms with Crippen LogP contribution >= 0.6 is 0 Å². The topological polar surface area (TPSA) is 88.9 Å². The van der Waals surface area contributed by atoms with E-state index in [-0.39, 0.29) is 23.6 Å². The molecule has 8 nitrogen and oxygen atoms in total. The van der Waals surface area contributed by atoms with E-state index >= 15 is 0 Å². The van der Waals surface area contributed by atoms with E-state index in [1.165, 1.54) is 26.0 Å². The fourth-order valence-electron chi connectivity index (χ4n) is 3.91. The number of methoxy groups -OCH3 is 3. The summed E-state index contributed by atoms with van der Waals surface area (Å²) in [6.45, 7) is 2.26. The molecule has 0 aliphatic heterocycles. The van der Waals surface area contributed by atoms with E-state index in [1.54, 1.807) is 42.5 Å². The molecule has 0 saturated carbocycles. The fraction of sp³-hybridized carbons (Fsp3) is 0.179. The van der Waals surface area contributed by atoms with Crippen molar-refractivity contribution in [3.05, 3.63) is 95.2 Å². The van der Waals surface area contributed by atoms with Crippen molar-refractivity contribution in [1.82, 2.24) is 9.78 Å². The van der Waals surface area contributed by atoms with E-state index in [4.69, 9.17) is 18.9 Å². The molecular formula is C28H26N2O6. The average Bonchev–Trinajstić information content (AvgIpc) is 3.32. The Morgan fingerprint density at radius 3 is 2.25 bits per heavy atom. The lowest BCUT2D eigenvalue weighted by Gasteiger charge is -2.15. The van der Waals surface area contributed by atoms with Gasteiger partial charge in [0.1, 0.15) is 17.9 Å². The molecule has 36 heavy (non-hydrogen) atoms. The van der Waals surface area contributed by atoms with Crippen LogP contribution in [-0.4, -0.2) is 43.0 Å². The van der Waals surface area contributed by atoms with E-state index in [1.807, 2.05) is 37.3 Å². The van der Waals surface area contributed by atoms with Crippen molar-refractivity contribution in [2.45, 2.75) is 13.5 Å². The molecule has 0 bridgehead atoms. The molecule has 0 radical (unpaired) electrons. The van der Waals surface area contributed by atoms with Crippen LogP contribution in [0, 0.1) is 6.92 Å². The van der Waals surface area contributed by atoms with Gasteiger partial charge in [-0.15, -0.1) is 0 Å². The van der Waals surface area contributed by atoms with Gasteiger partial charge in [0.05, 0.1) is 27.0 Å². The Bertz CT molecular complexity index is 1390. The monoisotopic (exact) mass is 486 g/mol. The standard InChI is InChI=1S/C28H26N2O6/c1-18-10-8-11-19(16-18)17-36-26-21(14-9-15-22(26)33-2)24-23(27(31)34-3)25(28(32)35-4)30(29-24)20-12-6-5-7-13-20/h5-16H,17H2,1-4H3. The first-order valence-electron chi connectivity index (χ1n) is 11.2. The number of benzene rings is 3. The van der Waals surface area contributed by atoms with Gasteiger partial charge in [-0.05, 0) is 36.8 Å². The van der Waals surface area contributed by atoms with E-state index in [9.17, 15) is 9.59 Å². The predicted molar refractivity (Wildman–Crippen MR) is 134 cm³/mol. The van der Waals surface area contributed by atoms with Crippen LogP contribution in [0.25, 0.3) is 16.9 Å². The minimum Gasteiger partial charge on any atom is -0.493 e. The van der Waals surface area contributed by atoms with Crippen molar-refractivity contribution in [2.24, 2.45) is 0 Å². The number of ether oxygens (including phenoxy) is 4. The summed E-state index contributed by atoms with van der Waals surface area (Å²) in [6.07, 6.45) is 0. The molecule has 4 aromatic rings. The maximum Gasteiger partial charge on any atom is 0.357 e. The van der Waals surface area contributed by atoms with Crippen LogP contribution in [-0.2, 0) is 16.1 Å². The first-order valence-corrected chi connectivity index (χ1v) is 11.2. The fourth-order valence-corrected chi connectivity index (χ4v) is 3.91. The highest BCUT2D eigenvalue weighted by Crippen LogP contribution is 2.41. The molecule has 8 heteroatoms. The number of rotatable bonds is 8. The van der Waals surface area contributed by atoms with Crippen molar-refractivity contribution in [1.29, 1.82) is 0 Å². The van der Waals surface area contributed by atoms with Crippen molar-refractivity contribution in [3.8, 4) is 28.4 Å². The molecule has 3 aromatic carbocycles. The zero-order chi connectivity index (χ0) is 25.7. The molecule has 1 aromatic heterocycles. The third kappa shape index (κ3) is 4.79. The second-order valence-electron chi connectivity index (χ2n) is 7.92. The zero-order valence-electron chi connectivity index (χ0n) is 20.5. The lowest BCUT2D eigenvalue weighted by atomic mass is 10.0. The number of aryl methyl sites for hydroxylation is 1. The van der Waals surface area contributed by atoms with Crippen LogP contribution in [0.3, 0.4) is 0 Å². The Morgan fingerprint density at radius 1 is 0.861 bits per heavy atom. The van der Waals surface area contributed by atoms with Crippen LogP contribution in [0.4, 0.5) is 0 Å². The number of aromatic nitrogens is 2. The first kappa shape index (κ1) is 24.5. The molecule has 0 unspecified atom stereocenters. The summed E-state index contributed by atoms with van der Waals surface area (Å²) >= 11 is 0. The van der Waals surface area contributed by atoms with Crippen LogP contribution < -0.4 is 9.47 Å². The van der Waals surface area contributed by atoms with Gasteiger partial charge in [-0.2, -0.15) is 5.10 Å². The van der Waals surface area contributed by atoms with E-state index < -0.39 is 11.9 Å². The van der Waals surface area contributed by atoms with Crippen molar-refractivity contribution in [2.75, 3.05) is 21.3 Å². The minimum atomic E-state index is -0.736. The zero-order valence-corrected chi connectivity index (χ0v) is 20.5. The molecule has 0 spiro atoms. The molecule has 0 saturated heterocycles. The van der Waals surface area contributed by atoms with Gasteiger partial charge in [0.15, 0.2) is 17.2 Å². The minimum absolute atomic E-state index is 0.0399. The quantitative estimate of drug-likeness (QED) is 0.324. The smallest absolute Gasteiger partial charge is 0.357 e. The van der Waals surface area contributed by atoms with E-state index in [0.717, 1.165) is 11.1 Å². The number of hydrogen-bond donors (Lipinski definition) is 0. The maximum absolute atomic E-state index is 13.0. The van der Waals surface area contributed by atoms with Gasteiger partial charge in [0, 0.05) is 5.56 Å². The highest BCUT2D eigenvalue weighted by atomic mass is 16.5. The van der Waals surface area contributed by atoms with Crippen LogP contribution in [0.1, 0.15) is 32.0 Å². The molecule has 4 rings (SSSR count). The van der Waals surface area contributed by atoms with Crippen LogP contribution in [0.15, 0.2) is 72.8 Å². The number of esters is 2. The molecule has 0 N–H and O–H groups in total. The number of carbonyl (C=O) groups is 2. The van der Waals surface area contributed by atoms with E-state index in [0.29, 0.717) is 22.7 Å². The summed E-state index contributed by atoms with van der Waals surface area (Å²) in [5.74, 6) is -0.645. The lowest BCUT2D eigenvalue weighted by molar-refractivity contribution is 0.0549. The van der Waals surface area contributed by atoms with Gasteiger partial charge >= 0.3 is 11.9 Å². The molecule has 0 atom stereocenters. The summed E-state index contributed by atoms with van der Waals surface area (Å²) in [6, 6.07) is 22.2. The van der Waals surface area contributed by atoms with Crippen LogP contribution in [0.2, 0.25) is 0 Å². The van der Waals surface area contributed by atoms with Crippen molar-refractivity contribution in [3.63, 3.8) is 0 Å². The SMILES string of the molecule is COC(=O)c1c(-c2cccc(OC)c2OCc2cccc(C)c2)nn(-c2ccccc2)c1C(=O)OC. The molecule has 0 fully saturated rings. The summed E-state index contributed by atoms with van der Waals surface area (Å²) in [7, 11) is 4.02. The number of nitrogens with zero attached hydrogens (tertiary/aromatic N) is 2. The molecule has 0 aliphatic carbocycles. The van der Waals surface area contributed by atoms with Crippen molar-refractivity contribution >= 4 is 11.9 Å². The maximum atomic E-state index is 13.0. The van der Waals surface area contributed by atoms with Gasteiger partial charge in [0.25, 0.3) is 0 Å². The molecular weight excluding hydrogens is 460 g/mol. The van der Waals surface area contributed by atoms with Gasteiger partial charge in [-0.1, -0.05) is 54.1 Å². The Balaban J connectivity index is 1.94. The Morgan fingerprint density at radius 2 is 1.58 bits per heavy atom. The Hall–Kier alpha value is -4.59. The first-order chi connectivity index (χ1) is 17.5. The van der Waals surface area contributed by atoms with Gasteiger partial charge in [0.2, 0.25) is 0 Å². The second-order valence-corrected chi connectivity index (χ2v) is 7.92. The highest BCUT2D eigenvalue weighted by Gasteiger charge is 2.33. The largest absolute Gasteiger partial charge is 0.493 e. The normalized spacial score (nSPS) is 10.6. The van der Waals surface area contributed by atoms with Crippen molar-refractivity contribution < 1.29 is 28.5 Å². The van der Waals surface area contributed by atoms with Crippen LogP contribution in [0.5, 0.6) is 11.5 Å². The lowest BCUT2D eigenvalue weighted by Crippen LogP contribution is -2.15. The molecule has 1 heterocycles.